The first kappa shape index (κ1) is 10.2. The van der Waals surface area contributed by atoms with Gasteiger partial charge >= 0.3 is 0 Å². The topological polar surface area (TPSA) is 66.5 Å². The zero-order valence-electron chi connectivity index (χ0n) is 3.87. The molecule has 7 heavy (non-hydrogen) atoms. The zero-order chi connectivity index (χ0) is 4.99. The van der Waals surface area contributed by atoms with Crippen LogP contribution in [0.4, 0.5) is 0 Å². The van der Waals surface area contributed by atoms with Crippen molar-refractivity contribution >= 4 is 12.4 Å². The highest BCUT2D eigenvalue weighted by Crippen LogP contribution is 1.77. The van der Waals surface area contributed by atoms with Gasteiger partial charge in [-0.15, -0.1) is 12.4 Å². The molecule has 0 fully saturated rings. The van der Waals surface area contributed by atoms with E-state index in [2.05, 4.69) is 0 Å². The zero-order valence-corrected chi connectivity index (χ0v) is 4.69. The molecule has 0 rings (SSSR count). The maximum absolute atomic E-state index is 8.03. The Labute approximate surface area is 48.6 Å². The van der Waals surface area contributed by atoms with Crippen LogP contribution < -0.4 is 5.73 Å². The number of hydrogen-bond acceptors (Lipinski definition) is 3. The van der Waals surface area contributed by atoms with E-state index in [9.17, 15) is 0 Å². The minimum Gasteiger partial charge on any atom is -0.368 e. The normalized spacial score (nSPS) is 8.57. The molecule has 0 unspecified atom stereocenters. The predicted molar refractivity (Wildman–Crippen MR) is 29.1 cm³/mol. The van der Waals surface area contributed by atoms with Gasteiger partial charge in [0.1, 0.15) is 0 Å². The highest BCUT2D eigenvalue weighted by molar-refractivity contribution is 5.85. The van der Waals surface area contributed by atoms with Gasteiger partial charge in [0.25, 0.3) is 0 Å². The first-order chi connectivity index (χ1) is 2.77. The maximum atomic E-state index is 8.03. The smallest absolute Gasteiger partial charge is 0.152 e. The van der Waals surface area contributed by atoms with Gasteiger partial charge in [-0.25, -0.2) is 0 Å². The Kier molecular flexibility index (Phi) is 9.00. The van der Waals surface area contributed by atoms with Crippen LogP contribution in [0.2, 0.25) is 0 Å². The first-order valence-corrected chi connectivity index (χ1v) is 1.83. The van der Waals surface area contributed by atoms with E-state index in [1.165, 1.54) is 0 Å². The molecule has 0 heterocycles. The van der Waals surface area contributed by atoms with Crippen LogP contribution in [0.25, 0.3) is 0 Å². The highest BCUT2D eigenvalue weighted by Gasteiger charge is 1.89. The summed E-state index contributed by atoms with van der Waals surface area (Å²) in [6, 6.07) is 0. The van der Waals surface area contributed by atoms with E-state index < -0.39 is 6.29 Å². The van der Waals surface area contributed by atoms with E-state index in [-0.39, 0.29) is 18.8 Å². The standard InChI is InChI=1S/C3H9NO2.ClH/c4-2-1-3(5)6;/h3,5-6H,1-2,4H2;1H. The third-order valence-electron chi connectivity index (χ3n) is 0.425. The number of hydrogen-bond donors (Lipinski definition) is 3. The summed E-state index contributed by atoms with van der Waals surface area (Å²) < 4.78 is 0. The number of aliphatic hydroxyl groups is 2. The van der Waals surface area contributed by atoms with Gasteiger partial charge in [0.2, 0.25) is 0 Å². The second-order valence-corrected chi connectivity index (χ2v) is 1.06. The first-order valence-electron chi connectivity index (χ1n) is 1.83. The molecule has 46 valence electrons. The predicted octanol–water partition coefficient (Wildman–Crippen LogP) is -0.932. The molecule has 0 amide bonds. The van der Waals surface area contributed by atoms with Crippen molar-refractivity contribution in [1.29, 1.82) is 0 Å². The minimum absolute atomic E-state index is 0. The molecule has 0 aromatic carbocycles. The van der Waals surface area contributed by atoms with Gasteiger partial charge in [-0.05, 0) is 6.54 Å². The summed E-state index contributed by atoms with van der Waals surface area (Å²) in [7, 11) is 0. The van der Waals surface area contributed by atoms with E-state index in [0.29, 0.717) is 6.54 Å². The van der Waals surface area contributed by atoms with Crippen molar-refractivity contribution < 1.29 is 10.2 Å². The van der Waals surface area contributed by atoms with Gasteiger partial charge in [-0.1, -0.05) is 0 Å². The molecule has 0 saturated carbocycles. The van der Waals surface area contributed by atoms with Crippen LogP contribution in [-0.4, -0.2) is 23.0 Å². The molecular formula is C3H10ClNO2. The third-order valence-corrected chi connectivity index (χ3v) is 0.425. The van der Waals surface area contributed by atoms with Crippen molar-refractivity contribution in [3.05, 3.63) is 0 Å². The fourth-order valence-corrected chi connectivity index (χ4v) is 0.149. The Morgan fingerprint density at radius 3 is 1.86 bits per heavy atom. The van der Waals surface area contributed by atoms with Crippen molar-refractivity contribution in [2.45, 2.75) is 12.7 Å². The molecule has 0 bridgehead atoms. The molecule has 0 aromatic heterocycles. The van der Waals surface area contributed by atoms with E-state index >= 15 is 0 Å². The van der Waals surface area contributed by atoms with Crippen molar-refractivity contribution in [2.75, 3.05) is 6.54 Å². The lowest BCUT2D eigenvalue weighted by molar-refractivity contribution is -0.0430. The lowest BCUT2D eigenvalue weighted by Crippen LogP contribution is -2.11. The van der Waals surface area contributed by atoms with Crippen LogP contribution in [-0.2, 0) is 0 Å². The number of aliphatic hydroxyl groups excluding tert-OH is 1. The Bertz CT molecular complexity index is 34.1. The monoisotopic (exact) mass is 127 g/mol. The SMILES string of the molecule is Cl.NCCC(O)O. The minimum atomic E-state index is -1.23. The second kappa shape index (κ2) is 6.17. The molecule has 4 N–H and O–H groups in total. The Morgan fingerprint density at radius 2 is 1.86 bits per heavy atom. The quantitative estimate of drug-likeness (QED) is 0.420. The van der Waals surface area contributed by atoms with E-state index in [0.717, 1.165) is 0 Å². The second-order valence-electron chi connectivity index (χ2n) is 1.06. The van der Waals surface area contributed by atoms with Gasteiger partial charge in [0.05, 0.1) is 0 Å². The maximum Gasteiger partial charge on any atom is 0.152 e. The third kappa shape index (κ3) is 10.7. The van der Waals surface area contributed by atoms with E-state index in [4.69, 9.17) is 15.9 Å². The fraction of sp³-hybridized carbons (Fsp3) is 1.00. The summed E-state index contributed by atoms with van der Waals surface area (Å²) >= 11 is 0. The molecule has 0 atom stereocenters. The van der Waals surface area contributed by atoms with Gasteiger partial charge < -0.3 is 15.9 Å². The van der Waals surface area contributed by atoms with Crippen LogP contribution in [0.1, 0.15) is 6.42 Å². The summed E-state index contributed by atoms with van der Waals surface area (Å²) in [5.41, 5.74) is 4.91. The molecular weight excluding hydrogens is 117 g/mol. The van der Waals surface area contributed by atoms with Gasteiger partial charge in [0, 0.05) is 6.42 Å². The summed E-state index contributed by atoms with van der Waals surface area (Å²) in [6.45, 7) is 0.331. The molecule has 0 aliphatic rings. The summed E-state index contributed by atoms with van der Waals surface area (Å²) in [4.78, 5) is 0. The molecule has 0 aliphatic carbocycles. The summed E-state index contributed by atoms with van der Waals surface area (Å²) in [6.07, 6.45) is -0.963. The van der Waals surface area contributed by atoms with Crippen LogP contribution in [0.3, 0.4) is 0 Å². The number of nitrogens with two attached hydrogens (primary N) is 1. The average Bonchev–Trinajstić information content (AvgIpc) is 1.35. The van der Waals surface area contributed by atoms with E-state index in [1.807, 2.05) is 0 Å². The van der Waals surface area contributed by atoms with Crippen LogP contribution >= 0.6 is 12.4 Å². The summed E-state index contributed by atoms with van der Waals surface area (Å²) in [5, 5.41) is 16.1. The Hall–Kier alpha value is 0.170. The van der Waals surface area contributed by atoms with Crippen molar-refractivity contribution in [3.63, 3.8) is 0 Å². The Morgan fingerprint density at radius 1 is 1.43 bits per heavy atom. The highest BCUT2D eigenvalue weighted by atomic mass is 35.5. The average molecular weight is 128 g/mol. The lowest BCUT2D eigenvalue weighted by Gasteiger charge is -1.95. The van der Waals surface area contributed by atoms with Crippen molar-refractivity contribution in [1.82, 2.24) is 0 Å². The fourth-order valence-electron chi connectivity index (χ4n) is 0.149. The number of rotatable bonds is 2. The molecule has 3 nitrogen and oxygen atoms in total. The van der Waals surface area contributed by atoms with Crippen molar-refractivity contribution in [3.8, 4) is 0 Å². The van der Waals surface area contributed by atoms with Crippen LogP contribution in [0.15, 0.2) is 0 Å². The van der Waals surface area contributed by atoms with Crippen molar-refractivity contribution in [2.24, 2.45) is 5.73 Å². The molecule has 4 heteroatoms. The molecule has 0 saturated heterocycles. The molecule has 0 aromatic rings. The molecule has 0 radical (unpaired) electrons. The largest absolute Gasteiger partial charge is 0.368 e. The number of halogens is 1. The van der Waals surface area contributed by atoms with Gasteiger partial charge in [-0.3, -0.25) is 0 Å². The van der Waals surface area contributed by atoms with E-state index in [1.54, 1.807) is 0 Å². The lowest BCUT2D eigenvalue weighted by atomic mass is 10.4. The van der Waals surface area contributed by atoms with Crippen LogP contribution in [0.5, 0.6) is 0 Å². The molecule has 0 spiro atoms. The molecule has 0 aliphatic heterocycles. The summed E-state index contributed by atoms with van der Waals surface area (Å²) in [5.74, 6) is 0. The Balaban J connectivity index is 0. The van der Waals surface area contributed by atoms with Crippen LogP contribution in [0, 0.1) is 0 Å². The van der Waals surface area contributed by atoms with Gasteiger partial charge in [-0.2, -0.15) is 0 Å². The van der Waals surface area contributed by atoms with Gasteiger partial charge in [0.15, 0.2) is 6.29 Å².